The third-order valence-electron chi connectivity index (χ3n) is 6.24. The molecule has 3 aromatic carbocycles. The van der Waals surface area contributed by atoms with Crippen molar-refractivity contribution in [3.63, 3.8) is 0 Å². The van der Waals surface area contributed by atoms with Crippen molar-refractivity contribution in [2.45, 2.75) is 30.7 Å². The van der Waals surface area contributed by atoms with Crippen molar-refractivity contribution in [3.05, 3.63) is 93.9 Å². The highest BCUT2D eigenvalue weighted by molar-refractivity contribution is 7.89. The molecule has 5 rings (SSSR count). The summed E-state index contributed by atoms with van der Waals surface area (Å²) in [6, 6.07) is 14.8. The Morgan fingerprint density at radius 3 is 2.39 bits per heavy atom. The second kappa shape index (κ2) is 11.0. The predicted molar refractivity (Wildman–Crippen MR) is 146 cm³/mol. The van der Waals surface area contributed by atoms with Crippen LogP contribution in [0.2, 0.25) is 0 Å². The molecule has 0 atom stereocenters. The molecule has 1 fully saturated rings. The van der Waals surface area contributed by atoms with Gasteiger partial charge in [-0.15, -0.1) is 0 Å². The van der Waals surface area contributed by atoms with Gasteiger partial charge in [0.25, 0.3) is 11.6 Å². The van der Waals surface area contributed by atoms with Crippen LogP contribution in [0.25, 0.3) is 5.69 Å². The summed E-state index contributed by atoms with van der Waals surface area (Å²) in [4.78, 5) is 23.5. The molecular formula is C27H24FN5O7S. The predicted octanol–water partition coefficient (Wildman–Crippen LogP) is 4.72. The number of carbonyl (C=O) groups excluding carboxylic acids is 1. The summed E-state index contributed by atoms with van der Waals surface area (Å²) < 4.78 is 54.8. The average molecular weight is 582 g/mol. The van der Waals surface area contributed by atoms with Gasteiger partial charge in [-0.3, -0.25) is 14.9 Å². The maximum absolute atomic E-state index is 13.3. The summed E-state index contributed by atoms with van der Waals surface area (Å²) in [5.74, 6) is -0.741. The van der Waals surface area contributed by atoms with E-state index in [0.717, 1.165) is 12.1 Å². The Labute approximate surface area is 233 Å². The Morgan fingerprint density at radius 1 is 1.10 bits per heavy atom. The van der Waals surface area contributed by atoms with E-state index in [2.05, 4.69) is 15.1 Å². The fraction of sp³-hybridized carbons (Fsp3) is 0.185. The molecule has 0 aliphatic heterocycles. The largest absolute Gasteiger partial charge is 0.497 e. The number of benzene rings is 3. The first-order valence-electron chi connectivity index (χ1n) is 12.4. The Morgan fingerprint density at radius 2 is 1.78 bits per heavy atom. The Hall–Kier alpha value is -4.82. The Kier molecular flexibility index (Phi) is 7.43. The average Bonchev–Trinajstić information content (AvgIpc) is 3.70. The third kappa shape index (κ3) is 6.02. The third-order valence-corrected chi connectivity index (χ3v) is 7.78. The van der Waals surface area contributed by atoms with E-state index in [0.29, 0.717) is 30.0 Å². The van der Waals surface area contributed by atoms with Crippen LogP contribution in [0.4, 0.5) is 15.8 Å². The minimum atomic E-state index is -4.19. The van der Waals surface area contributed by atoms with Gasteiger partial charge in [-0.05, 0) is 74.4 Å². The number of sulfonamides is 1. The molecule has 1 heterocycles. The van der Waals surface area contributed by atoms with Crippen molar-refractivity contribution in [1.82, 2.24) is 14.5 Å². The van der Waals surface area contributed by atoms with Crippen molar-refractivity contribution < 1.29 is 32.0 Å². The molecular weight excluding hydrogens is 557 g/mol. The zero-order valence-electron chi connectivity index (χ0n) is 21.8. The van der Waals surface area contributed by atoms with Crippen LogP contribution >= 0.6 is 0 Å². The number of nitrogens with zero attached hydrogens (tertiary/aromatic N) is 3. The van der Waals surface area contributed by atoms with Gasteiger partial charge < -0.3 is 14.8 Å². The van der Waals surface area contributed by atoms with Crippen molar-refractivity contribution in [2.75, 3.05) is 12.4 Å². The van der Waals surface area contributed by atoms with E-state index in [1.165, 1.54) is 42.1 Å². The molecule has 1 saturated carbocycles. The number of nitro groups is 1. The van der Waals surface area contributed by atoms with Crippen LogP contribution in [0.15, 0.2) is 71.6 Å². The molecule has 0 radical (unpaired) electrons. The smallest absolute Gasteiger partial charge is 0.276 e. The number of hydrogen-bond acceptors (Lipinski definition) is 8. The summed E-state index contributed by atoms with van der Waals surface area (Å²) in [6.45, 7) is 1.56. The van der Waals surface area contributed by atoms with E-state index in [9.17, 15) is 27.7 Å². The normalized spacial score (nSPS) is 13.0. The van der Waals surface area contributed by atoms with Gasteiger partial charge in [0.05, 0.1) is 17.7 Å². The van der Waals surface area contributed by atoms with E-state index in [1.807, 2.05) is 0 Å². The summed E-state index contributed by atoms with van der Waals surface area (Å²) in [7, 11) is -2.69. The summed E-state index contributed by atoms with van der Waals surface area (Å²) in [5, 5.41) is 18.5. The lowest BCUT2D eigenvalue weighted by Gasteiger charge is -2.14. The summed E-state index contributed by atoms with van der Waals surface area (Å²) >= 11 is 0. The molecule has 1 amide bonds. The number of aromatic nitrogens is 2. The van der Waals surface area contributed by atoms with Crippen LogP contribution in [0.1, 0.15) is 28.9 Å². The molecule has 0 spiro atoms. The van der Waals surface area contributed by atoms with Crippen LogP contribution in [0.3, 0.4) is 0 Å². The number of methoxy groups -OCH3 is 1. The van der Waals surface area contributed by atoms with Gasteiger partial charge in [0.1, 0.15) is 22.2 Å². The standard InChI is InChI=1S/C27H24FN5O7S/c1-16-25(26(34)29-18-5-3-17(28)4-6-18)30-32(20-9-12-22(39-2)13-10-20)27(16)40-23-14-11-21(33(35)36)15-24(23)41(37,38)31-19-7-8-19/h3-6,9-15,19,31H,7-8H2,1-2H3,(H,29,34). The molecule has 0 saturated heterocycles. The molecule has 2 N–H and O–H groups in total. The van der Waals surface area contributed by atoms with Crippen molar-refractivity contribution in [1.29, 1.82) is 0 Å². The van der Waals surface area contributed by atoms with Crippen molar-refractivity contribution in [3.8, 4) is 23.1 Å². The highest BCUT2D eigenvalue weighted by atomic mass is 32.2. The van der Waals surface area contributed by atoms with Gasteiger partial charge in [0, 0.05) is 29.4 Å². The monoisotopic (exact) mass is 581 g/mol. The topological polar surface area (TPSA) is 155 Å². The number of non-ortho nitro benzene ring substituents is 1. The number of anilines is 1. The molecule has 0 unspecified atom stereocenters. The first-order chi connectivity index (χ1) is 19.6. The molecule has 1 aliphatic carbocycles. The van der Waals surface area contributed by atoms with Crippen LogP contribution in [-0.2, 0) is 10.0 Å². The van der Waals surface area contributed by atoms with Crippen LogP contribution in [-0.4, -0.2) is 42.2 Å². The van der Waals surface area contributed by atoms with Crippen molar-refractivity contribution >= 4 is 27.3 Å². The molecule has 4 aromatic rings. The molecule has 14 heteroatoms. The van der Waals surface area contributed by atoms with Gasteiger partial charge in [0.2, 0.25) is 15.9 Å². The zero-order valence-corrected chi connectivity index (χ0v) is 22.6. The van der Waals surface area contributed by atoms with E-state index in [1.54, 1.807) is 31.2 Å². The van der Waals surface area contributed by atoms with E-state index in [-0.39, 0.29) is 28.9 Å². The van der Waals surface area contributed by atoms with Gasteiger partial charge in [-0.2, -0.15) is 9.78 Å². The molecule has 1 aromatic heterocycles. The number of ether oxygens (including phenoxy) is 2. The van der Waals surface area contributed by atoms with Crippen molar-refractivity contribution in [2.24, 2.45) is 0 Å². The van der Waals surface area contributed by atoms with Crippen LogP contribution in [0, 0.1) is 22.9 Å². The van der Waals surface area contributed by atoms with Crippen LogP contribution in [0.5, 0.6) is 17.4 Å². The lowest BCUT2D eigenvalue weighted by molar-refractivity contribution is -0.385. The van der Waals surface area contributed by atoms with Gasteiger partial charge in [-0.25, -0.2) is 17.5 Å². The number of amides is 1. The fourth-order valence-corrected chi connectivity index (χ4v) is 5.38. The van der Waals surface area contributed by atoms with E-state index >= 15 is 0 Å². The maximum atomic E-state index is 13.3. The quantitative estimate of drug-likeness (QED) is 0.201. The number of rotatable bonds is 10. The maximum Gasteiger partial charge on any atom is 0.276 e. The van der Waals surface area contributed by atoms with Gasteiger partial charge >= 0.3 is 0 Å². The highest BCUT2D eigenvalue weighted by Crippen LogP contribution is 2.37. The number of carbonyl (C=O) groups is 1. The van der Waals surface area contributed by atoms with E-state index < -0.39 is 37.3 Å². The summed E-state index contributed by atoms with van der Waals surface area (Å²) in [6.07, 6.45) is 1.31. The second-order valence-electron chi connectivity index (χ2n) is 9.24. The summed E-state index contributed by atoms with van der Waals surface area (Å²) in [5.41, 5.74) is 0.535. The molecule has 41 heavy (non-hydrogen) atoms. The number of hydrogen-bond donors (Lipinski definition) is 2. The highest BCUT2D eigenvalue weighted by Gasteiger charge is 2.32. The van der Waals surface area contributed by atoms with E-state index in [4.69, 9.17) is 9.47 Å². The first kappa shape index (κ1) is 27.7. The number of nitro benzene ring substituents is 1. The van der Waals surface area contributed by atoms with Gasteiger partial charge in [-0.1, -0.05) is 0 Å². The minimum absolute atomic E-state index is 0.00357. The molecule has 212 valence electrons. The van der Waals surface area contributed by atoms with Gasteiger partial charge in [0.15, 0.2) is 5.69 Å². The number of nitrogens with one attached hydrogen (secondary N) is 2. The Balaban J connectivity index is 1.60. The Bertz CT molecular complexity index is 1740. The molecule has 12 nitrogen and oxygen atoms in total. The SMILES string of the molecule is COc1ccc(-n2nc(C(=O)Nc3ccc(F)cc3)c(C)c2Oc2ccc([N+](=O)[O-])cc2S(=O)(=O)NC2CC2)cc1. The second-order valence-corrected chi connectivity index (χ2v) is 10.9. The first-order valence-corrected chi connectivity index (χ1v) is 13.8. The fourth-order valence-electron chi connectivity index (χ4n) is 3.93. The lowest BCUT2D eigenvalue weighted by atomic mass is 10.2. The molecule has 0 bridgehead atoms. The lowest BCUT2D eigenvalue weighted by Crippen LogP contribution is -2.26. The minimum Gasteiger partial charge on any atom is -0.497 e. The number of halogens is 1. The molecule has 1 aliphatic rings. The van der Waals surface area contributed by atoms with Crippen LogP contribution < -0.4 is 19.5 Å². The zero-order chi connectivity index (χ0) is 29.3.